The van der Waals surface area contributed by atoms with E-state index < -0.39 is 0 Å². The van der Waals surface area contributed by atoms with Gasteiger partial charge in [-0.05, 0) is 51.1 Å². The van der Waals surface area contributed by atoms with E-state index in [1.165, 1.54) is 45.2 Å². The second-order valence-corrected chi connectivity index (χ2v) is 6.20. The van der Waals surface area contributed by atoms with E-state index in [0.29, 0.717) is 6.04 Å². The zero-order chi connectivity index (χ0) is 13.7. The quantitative estimate of drug-likeness (QED) is 0.453. The van der Waals surface area contributed by atoms with Gasteiger partial charge in [0.1, 0.15) is 0 Å². The SMILES string of the molecule is CCC(CN=C(N)N1CCCC(C)C1)N1CCCC1.I. The molecule has 118 valence electrons. The van der Waals surface area contributed by atoms with E-state index in [1.54, 1.807) is 0 Å². The Labute approximate surface area is 141 Å². The molecule has 5 heteroatoms. The number of hydrogen-bond donors (Lipinski definition) is 1. The minimum atomic E-state index is 0. The maximum absolute atomic E-state index is 6.17. The zero-order valence-electron chi connectivity index (χ0n) is 13.1. The van der Waals surface area contributed by atoms with Crippen LogP contribution >= 0.6 is 24.0 Å². The monoisotopic (exact) mass is 394 g/mol. The molecule has 0 aromatic rings. The van der Waals surface area contributed by atoms with E-state index in [0.717, 1.165) is 31.5 Å². The summed E-state index contributed by atoms with van der Waals surface area (Å²) < 4.78 is 0. The molecule has 2 aliphatic heterocycles. The van der Waals surface area contributed by atoms with Crippen molar-refractivity contribution in [2.45, 2.75) is 52.0 Å². The molecule has 2 aliphatic rings. The number of guanidine groups is 1. The van der Waals surface area contributed by atoms with Crippen LogP contribution in [0, 0.1) is 5.92 Å². The highest BCUT2D eigenvalue weighted by Crippen LogP contribution is 2.16. The van der Waals surface area contributed by atoms with Crippen LogP contribution in [0.3, 0.4) is 0 Å². The molecule has 2 saturated heterocycles. The maximum atomic E-state index is 6.17. The Morgan fingerprint density at radius 1 is 1.25 bits per heavy atom. The van der Waals surface area contributed by atoms with Gasteiger partial charge in [0.2, 0.25) is 0 Å². The lowest BCUT2D eigenvalue weighted by Gasteiger charge is -2.32. The minimum Gasteiger partial charge on any atom is -0.370 e. The summed E-state index contributed by atoms with van der Waals surface area (Å²) >= 11 is 0. The molecule has 0 bridgehead atoms. The summed E-state index contributed by atoms with van der Waals surface area (Å²) in [6.07, 6.45) is 6.45. The molecule has 0 radical (unpaired) electrons. The first-order valence-electron chi connectivity index (χ1n) is 7.99. The number of rotatable bonds is 4. The lowest BCUT2D eigenvalue weighted by Crippen LogP contribution is -2.44. The fraction of sp³-hybridized carbons (Fsp3) is 0.933. The normalized spacial score (nSPS) is 26.4. The summed E-state index contributed by atoms with van der Waals surface area (Å²) in [5, 5.41) is 0. The van der Waals surface area contributed by atoms with Gasteiger partial charge < -0.3 is 10.6 Å². The van der Waals surface area contributed by atoms with Crippen LogP contribution in [-0.2, 0) is 0 Å². The van der Waals surface area contributed by atoms with Gasteiger partial charge in [0.15, 0.2) is 5.96 Å². The molecule has 2 atom stereocenters. The van der Waals surface area contributed by atoms with Gasteiger partial charge in [-0.25, -0.2) is 0 Å². The number of hydrogen-bond acceptors (Lipinski definition) is 2. The van der Waals surface area contributed by atoms with Crippen molar-refractivity contribution in [1.82, 2.24) is 9.80 Å². The van der Waals surface area contributed by atoms with Crippen LogP contribution in [0.4, 0.5) is 0 Å². The van der Waals surface area contributed by atoms with Crippen LogP contribution in [0.25, 0.3) is 0 Å². The van der Waals surface area contributed by atoms with Gasteiger partial charge in [0.25, 0.3) is 0 Å². The summed E-state index contributed by atoms with van der Waals surface area (Å²) in [5.74, 6) is 1.52. The van der Waals surface area contributed by atoms with Crippen LogP contribution in [-0.4, -0.2) is 54.5 Å². The molecule has 0 spiro atoms. The van der Waals surface area contributed by atoms with E-state index in [-0.39, 0.29) is 24.0 Å². The Kier molecular flexibility index (Phi) is 8.17. The van der Waals surface area contributed by atoms with Gasteiger partial charge in [-0.1, -0.05) is 13.8 Å². The third-order valence-corrected chi connectivity index (χ3v) is 4.57. The van der Waals surface area contributed by atoms with Crippen molar-refractivity contribution in [3.8, 4) is 0 Å². The number of aliphatic imine (C=N–C) groups is 1. The molecular formula is C15H31IN4. The van der Waals surface area contributed by atoms with Crippen molar-refractivity contribution in [1.29, 1.82) is 0 Å². The number of piperidine rings is 1. The molecule has 2 heterocycles. The van der Waals surface area contributed by atoms with Crippen molar-refractivity contribution in [2.75, 3.05) is 32.7 Å². The summed E-state index contributed by atoms with van der Waals surface area (Å²) in [4.78, 5) is 9.52. The molecule has 0 saturated carbocycles. The second kappa shape index (κ2) is 9.07. The van der Waals surface area contributed by atoms with Crippen LogP contribution in [0.15, 0.2) is 4.99 Å². The minimum absolute atomic E-state index is 0. The van der Waals surface area contributed by atoms with Crippen molar-refractivity contribution in [3.63, 3.8) is 0 Å². The van der Waals surface area contributed by atoms with Gasteiger partial charge >= 0.3 is 0 Å². The molecule has 2 N–H and O–H groups in total. The Bertz CT molecular complexity index is 302. The molecule has 20 heavy (non-hydrogen) atoms. The van der Waals surface area contributed by atoms with Gasteiger partial charge in [0.05, 0.1) is 6.54 Å². The van der Waals surface area contributed by atoms with Crippen molar-refractivity contribution < 1.29 is 0 Å². The fourth-order valence-corrected chi connectivity index (χ4v) is 3.31. The van der Waals surface area contributed by atoms with E-state index >= 15 is 0 Å². The van der Waals surface area contributed by atoms with Gasteiger partial charge in [-0.3, -0.25) is 9.89 Å². The average molecular weight is 394 g/mol. The summed E-state index contributed by atoms with van der Waals surface area (Å²) in [5.41, 5.74) is 6.17. The molecule has 4 nitrogen and oxygen atoms in total. The number of halogens is 1. The average Bonchev–Trinajstić information content (AvgIpc) is 2.93. The summed E-state index contributed by atoms with van der Waals surface area (Å²) in [6, 6.07) is 0.586. The molecule has 0 amide bonds. The van der Waals surface area contributed by atoms with Crippen LogP contribution in [0.5, 0.6) is 0 Å². The summed E-state index contributed by atoms with van der Waals surface area (Å²) in [6.45, 7) is 10.1. The first kappa shape index (κ1) is 18.0. The molecule has 0 aromatic heterocycles. The van der Waals surface area contributed by atoms with Crippen molar-refractivity contribution in [3.05, 3.63) is 0 Å². The second-order valence-electron chi connectivity index (χ2n) is 6.20. The number of likely N-dealkylation sites (tertiary alicyclic amines) is 2. The highest BCUT2D eigenvalue weighted by atomic mass is 127. The third kappa shape index (κ3) is 5.06. The third-order valence-electron chi connectivity index (χ3n) is 4.57. The predicted molar refractivity (Wildman–Crippen MR) is 96.8 cm³/mol. The van der Waals surface area contributed by atoms with E-state index in [2.05, 4.69) is 28.6 Å². The van der Waals surface area contributed by atoms with Crippen molar-refractivity contribution >= 4 is 29.9 Å². The largest absolute Gasteiger partial charge is 0.370 e. The Balaban J connectivity index is 0.00000200. The van der Waals surface area contributed by atoms with E-state index in [4.69, 9.17) is 5.73 Å². The first-order valence-corrected chi connectivity index (χ1v) is 7.99. The maximum Gasteiger partial charge on any atom is 0.191 e. The lowest BCUT2D eigenvalue weighted by molar-refractivity contribution is 0.239. The van der Waals surface area contributed by atoms with Gasteiger partial charge in [-0.15, -0.1) is 24.0 Å². The molecule has 0 aliphatic carbocycles. The number of nitrogens with two attached hydrogens (primary N) is 1. The van der Waals surface area contributed by atoms with Crippen LogP contribution < -0.4 is 5.73 Å². The molecule has 2 rings (SSSR count). The van der Waals surface area contributed by atoms with Crippen LogP contribution in [0.2, 0.25) is 0 Å². The molecule has 2 fully saturated rings. The number of nitrogens with zero attached hydrogens (tertiary/aromatic N) is 3. The van der Waals surface area contributed by atoms with Crippen LogP contribution in [0.1, 0.15) is 46.0 Å². The molecular weight excluding hydrogens is 363 g/mol. The highest BCUT2D eigenvalue weighted by molar-refractivity contribution is 14.0. The lowest BCUT2D eigenvalue weighted by atomic mass is 10.0. The predicted octanol–water partition coefficient (Wildman–Crippen LogP) is 2.53. The highest BCUT2D eigenvalue weighted by Gasteiger charge is 2.21. The summed E-state index contributed by atoms with van der Waals surface area (Å²) in [7, 11) is 0. The Morgan fingerprint density at radius 2 is 1.95 bits per heavy atom. The first-order chi connectivity index (χ1) is 9.20. The molecule has 2 unspecified atom stereocenters. The zero-order valence-corrected chi connectivity index (χ0v) is 15.4. The van der Waals surface area contributed by atoms with Crippen molar-refractivity contribution in [2.24, 2.45) is 16.6 Å². The molecule has 0 aromatic carbocycles. The smallest absolute Gasteiger partial charge is 0.191 e. The fourth-order valence-electron chi connectivity index (χ4n) is 3.31. The Hall–Kier alpha value is -0.0400. The van der Waals surface area contributed by atoms with E-state index in [9.17, 15) is 0 Å². The topological polar surface area (TPSA) is 44.9 Å². The van der Waals surface area contributed by atoms with Gasteiger partial charge in [0, 0.05) is 19.1 Å². The van der Waals surface area contributed by atoms with E-state index in [1.807, 2.05) is 0 Å². The standard InChI is InChI=1S/C15H30N4.HI/c1-3-14(18-8-4-5-9-18)11-17-15(16)19-10-6-7-13(2)12-19;/h13-14H,3-12H2,1-2H3,(H2,16,17);1H. The Morgan fingerprint density at radius 3 is 2.55 bits per heavy atom. The van der Waals surface area contributed by atoms with Gasteiger partial charge in [-0.2, -0.15) is 0 Å².